The van der Waals surface area contributed by atoms with Gasteiger partial charge < -0.3 is 20.2 Å². The summed E-state index contributed by atoms with van der Waals surface area (Å²) in [7, 11) is -3.85. The van der Waals surface area contributed by atoms with Gasteiger partial charge in [0.1, 0.15) is 5.82 Å². The molecule has 59 heavy (non-hydrogen) atoms. The monoisotopic (exact) mass is 838 g/mol. The number of benzene rings is 4. The number of aliphatic carboxylic acids is 1. The molecule has 4 N–H and O–H groups in total. The second-order valence-corrected chi connectivity index (χ2v) is 16.8. The predicted octanol–water partition coefficient (Wildman–Crippen LogP) is 7.57. The Labute approximate surface area is 342 Å². The largest absolute Gasteiger partial charge is 0.490 e. The van der Waals surface area contributed by atoms with Crippen LogP contribution in [0.15, 0.2) is 102 Å². The number of nitrogens with one attached hydrogen (secondary N) is 1. The molecule has 6 rings (SSSR count). The molecule has 4 aromatic carbocycles. The maximum absolute atomic E-state index is 13.9. The van der Waals surface area contributed by atoms with E-state index in [0.29, 0.717) is 17.0 Å². The normalized spacial score (nSPS) is 15.2. The maximum Gasteiger partial charge on any atom is 0.490 e. The number of primary sulfonamides is 1. The zero-order valence-electron chi connectivity index (χ0n) is 32.7. The van der Waals surface area contributed by atoms with Gasteiger partial charge in [0.15, 0.2) is 0 Å². The van der Waals surface area contributed by atoms with Crippen LogP contribution in [0.25, 0.3) is 11.1 Å². The first-order valence-electron chi connectivity index (χ1n) is 19.7. The minimum Gasteiger partial charge on any atom is -0.475 e. The Balaban J connectivity index is 0.000000867. The number of carbonyl (C=O) groups excluding carboxylic acids is 2. The molecule has 2 heterocycles. The van der Waals surface area contributed by atoms with Gasteiger partial charge in [-0.1, -0.05) is 73.9 Å². The van der Waals surface area contributed by atoms with Crippen LogP contribution in [0, 0.1) is 17.7 Å². The van der Waals surface area contributed by atoms with Crippen LogP contribution in [0.2, 0.25) is 0 Å². The molecular formula is C44H50F4N4O6S. The average Bonchev–Trinajstić information content (AvgIpc) is 3.21. The number of nitrogens with two attached hydrogens (primary N) is 1. The average molecular weight is 839 g/mol. The van der Waals surface area contributed by atoms with Crippen LogP contribution < -0.4 is 10.5 Å². The van der Waals surface area contributed by atoms with Crippen LogP contribution >= 0.6 is 0 Å². The van der Waals surface area contributed by atoms with Gasteiger partial charge >= 0.3 is 12.1 Å². The summed E-state index contributed by atoms with van der Waals surface area (Å²) in [6.07, 6.45) is 3.52. The van der Waals surface area contributed by atoms with Gasteiger partial charge in [-0.2, -0.15) is 13.2 Å². The summed E-state index contributed by atoms with van der Waals surface area (Å²) >= 11 is 0. The zero-order valence-corrected chi connectivity index (χ0v) is 33.5. The first kappa shape index (κ1) is 45.0. The number of hydrogen-bond acceptors (Lipinski definition) is 6. The zero-order chi connectivity index (χ0) is 42.6. The van der Waals surface area contributed by atoms with E-state index >= 15 is 0 Å². The second-order valence-electron chi connectivity index (χ2n) is 15.2. The Morgan fingerprint density at radius 3 is 1.93 bits per heavy atom. The van der Waals surface area contributed by atoms with E-state index in [-0.39, 0.29) is 36.2 Å². The van der Waals surface area contributed by atoms with E-state index in [0.717, 1.165) is 67.2 Å². The number of rotatable bonds is 13. The molecule has 10 nitrogen and oxygen atoms in total. The molecule has 0 unspecified atom stereocenters. The van der Waals surface area contributed by atoms with Gasteiger partial charge in [0.25, 0.3) is 5.91 Å². The van der Waals surface area contributed by atoms with Crippen molar-refractivity contribution < 1.29 is 45.5 Å². The van der Waals surface area contributed by atoms with Crippen LogP contribution in [0.1, 0.15) is 72.0 Å². The molecule has 0 atom stereocenters. The van der Waals surface area contributed by atoms with E-state index in [1.165, 1.54) is 56.4 Å². The van der Waals surface area contributed by atoms with Crippen molar-refractivity contribution in [3.8, 4) is 11.1 Å². The SMILES string of the molecule is NS(=O)(=O)c1ccc(CN(Cc2cccc(-c3cccc(C(=O)N4CCC(CCCC5CCNCC5)CC4)c3)c2)C(=O)Cc2cccc(F)c2)cc1.O=C(O)C(F)(F)F. The fourth-order valence-electron chi connectivity index (χ4n) is 7.54. The molecule has 2 fully saturated rings. The fourth-order valence-corrected chi connectivity index (χ4v) is 8.06. The molecule has 0 radical (unpaired) electrons. The lowest BCUT2D eigenvalue weighted by Gasteiger charge is -2.32. The Morgan fingerprint density at radius 2 is 1.32 bits per heavy atom. The van der Waals surface area contributed by atoms with E-state index in [1.807, 2.05) is 53.4 Å². The molecule has 2 aliphatic rings. The molecule has 2 amide bonds. The number of carboxylic acid groups (broad SMARTS) is 1. The molecule has 4 aromatic rings. The highest BCUT2D eigenvalue weighted by molar-refractivity contribution is 7.89. The van der Waals surface area contributed by atoms with Crippen LogP contribution in [0.5, 0.6) is 0 Å². The van der Waals surface area contributed by atoms with Crippen LogP contribution in [-0.4, -0.2) is 73.5 Å². The van der Waals surface area contributed by atoms with Crippen molar-refractivity contribution in [1.82, 2.24) is 15.1 Å². The lowest BCUT2D eigenvalue weighted by molar-refractivity contribution is -0.192. The van der Waals surface area contributed by atoms with Gasteiger partial charge in [-0.15, -0.1) is 0 Å². The van der Waals surface area contributed by atoms with E-state index in [9.17, 15) is 35.6 Å². The molecule has 0 spiro atoms. The number of sulfonamides is 1. The molecule has 2 aliphatic heterocycles. The second kappa shape index (κ2) is 20.7. The summed E-state index contributed by atoms with van der Waals surface area (Å²) in [4.78, 5) is 39.9. The van der Waals surface area contributed by atoms with E-state index in [4.69, 9.17) is 15.0 Å². The van der Waals surface area contributed by atoms with Crippen LogP contribution in [-0.2, 0) is 39.1 Å². The first-order valence-corrected chi connectivity index (χ1v) is 21.2. The summed E-state index contributed by atoms with van der Waals surface area (Å²) in [5.41, 5.74) is 4.67. The Kier molecular flexibility index (Phi) is 15.8. The number of piperidine rings is 2. The van der Waals surface area contributed by atoms with Crippen molar-refractivity contribution in [1.29, 1.82) is 0 Å². The van der Waals surface area contributed by atoms with Crippen LogP contribution in [0.3, 0.4) is 0 Å². The molecular weight excluding hydrogens is 789 g/mol. The van der Waals surface area contributed by atoms with Crippen molar-refractivity contribution >= 4 is 27.8 Å². The smallest absolute Gasteiger partial charge is 0.475 e. The lowest BCUT2D eigenvalue weighted by Crippen LogP contribution is -2.38. The number of amides is 2. The number of nitrogens with zero attached hydrogens (tertiary/aromatic N) is 2. The number of halogens is 4. The van der Waals surface area contributed by atoms with Crippen molar-refractivity contribution in [3.05, 3.63) is 125 Å². The quantitative estimate of drug-likeness (QED) is 0.118. The summed E-state index contributed by atoms with van der Waals surface area (Å²) in [5.74, 6) is -1.74. The van der Waals surface area contributed by atoms with Crippen molar-refractivity contribution in [2.75, 3.05) is 26.2 Å². The standard InChI is InChI=1S/C42H49FN4O4S.C2HF3O2/c43-39-12-3-7-34(26-39)27-41(48)47(29-33-13-15-40(16-14-33)52(44,50)51)30-35-8-2-9-36(25-35)37-10-4-11-38(28-37)42(49)46-23-19-32(20-24-46)6-1-5-31-17-21-45-22-18-31;3-2(4,5)1(6)7/h2-4,7-16,25-26,28,31-32,45H,1,5-6,17-24,27,29-30H2,(H2,44,50,51);(H,6,7). The molecule has 0 saturated carbocycles. The van der Waals surface area contributed by atoms with Gasteiger partial charge in [-0.3, -0.25) is 9.59 Å². The third-order valence-corrected chi connectivity index (χ3v) is 11.7. The molecule has 0 aromatic heterocycles. The highest BCUT2D eigenvalue weighted by Gasteiger charge is 2.38. The predicted molar refractivity (Wildman–Crippen MR) is 216 cm³/mol. The Hall–Kier alpha value is -5.12. The summed E-state index contributed by atoms with van der Waals surface area (Å²) in [6.45, 7) is 4.37. The number of carboxylic acids is 1. The van der Waals surface area contributed by atoms with E-state index in [1.54, 1.807) is 29.2 Å². The van der Waals surface area contributed by atoms with Gasteiger partial charge in [0.05, 0.1) is 11.3 Å². The minimum absolute atomic E-state index is 0.00645. The topological polar surface area (TPSA) is 150 Å². The third kappa shape index (κ3) is 14.0. The molecule has 2 saturated heterocycles. The summed E-state index contributed by atoms with van der Waals surface area (Å²) < 4.78 is 69.2. The number of alkyl halides is 3. The van der Waals surface area contributed by atoms with Crippen molar-refractivity contribution in [2.45, 2.75) is 75.5 Å². The van der Waals surface area contributed by atoms with Gasteiger partial charge in [0.2, 0.25) is 15.9 Å². The van der Waals surface area contributed by atoms with Crippen LogP contribution in [0.4, 0.5) is 17.6 Å². The lowest BCUT2D eigenvalue weighted by atomic mass is 9.87. The third-order valence-electron chi connectivity index (χ3n) is 10.8. The summed E-state index contributed by atoms with van der Waals surface area (Å²) in [5, 5.41) is 15.9. The Morgan fingerprint density at radius 1 is 0.763 bits per heavy atom. The first-order chi connectivity index (χ1) is 28.0. The highest BCUT2D eigenvalue weighted by Crippen LogP contribution is 2.28. The summed E-state index contributed by atoms with van der Waals surface area (Å²) in [6, 6.07) is 27.8. The molecule has 0 bridgehead atoms. The number of carbonyl (C=O) groups is 3. The van der Waals surface area contributed by atoms with E-state index < -0.39 is 28.0 Å². The minimum atomic E-state index is -5.08. The Bertz CT molecular complexity index is 2150. The molecule has 15 heteroatoms. The van der Waals surface area contributed by atoms with Crippen molar-refractivity contribution in [2.24, 2.45) is 17.0 Å². The maximum atomic E-state index is 13.9. The number of hydrogen-bond donors (Lipinski definition) is 3. The molecule has 316 valence electrons. The van der Waals surface area contributed by atoms with E-state index in [2.05, 4.69) is 5.32 Å². The van der Waals surface area contributed by atoms with Gasteiger partial charge in [0, 0.05) is 31.7 Å². The highest BCUT2D eigenvalue weighted by atomic mass is 32.2. The fraction of sp³-hybridized carbons (Fsp3) is 0.386. The molecule has 0 aliphatic carbocycles. The van der Waals surface area contributed by atoms with Gasteiger partial charge in [-0.25, -0.2) is 22.7 Å². The van der Waals surface area contributed by atoms with Gasteiger partial charge in [-0.05, 0) is 121 Å². The number of likely N-dealkylation sites (tertiary alicyclic amines) is 1. The van der Waals surface area contributed by atoms with Crippen molar-refractivity contribution in [3.63, 3.8) is 0 Å².